The molecule has 196 valence electrons. The largest absolute Gasteiger partial charge is 0.493 e. The molecule has 2 aromatic heterocycles. The standard InChI is InChI=1S/C33H27N5O2/c39-32(29-20-19-26-15-7-9-17-28(26)34-29)36-35-31-27-16-8-10-18-30(27)38(33(31)40)23-37(21-24-11-3-1-4-12-24)22-25-13-5-2-6-14-25/h1-20,40H,21-23H2. The van der Waals surface area contributed by atoms with Gasteiger partial charge in [0.15, 0.2) is 5.69 Å². The van der Waals surface area contributed by atoms with Crippen molar-refractivity contribution in [1.29, 1.82) is 0 Å². The second-order valence-electron chi connectivity index (χ2n) is 9.61. The number of aromatic nitrogens is 2. The summed E-state index contributed by atoms with van der Waals surface area (Å²) in [6, 6.07) is 39.1. The number of fused-ring (bicyclic) bond motifs is 2. The van der Waals surface area contributed by atoms with Crippen LogP contribution in [-0.4, -0.2) is 25.5 Å². The molecule has 0 aliphatic carbocycles. The van der Waals surface area contributed by atoms with E-state index in [-0.39, 0.29) is 17.3 Å². The molecule has 4 aromatic carbocycles. The number of para-hydroxylation sites is 2. The van der Waals surface area contributed by atoms with E-state index in [1.54, 1.807) is 6.07 Å². The number of benzene rings is 4. The Kier molecular flexibility index (Phi) is 7.11. The second kappa shape index (κ2) is 11.3. The van der Waals surface area contributed by atoms with Crippen LogP contribution in [-0.2, 0) is 19.8 Å². The Balaban J connectivity index is 1.32. The van der Waals surface area contributed by atoms with Crippen molar-refractivity contribution in [3.8, 4) is 5.88 Å². The first kappa shape index (κ1) is 25.2. The third kappa shape index (κ3) is 5.36. The number of pyridine rings is 1. The predicted molar refractivity (Wildman–Crippen MR) is 156 cm³/mol. The van der Waals surface area contributed by atoms with Gasteiger partial charge in [-0.15, -0.1) is 10.2 Å². The maximum absolute atomic E-state index is 12.9. The van der Waals surface area contributed by atoms with Gasteiger partial charge in [0.2, 0.25) is 5.88 Å². The minimum Gasteiger partial charge on any atom is -0.493 e. The quantitative estimate of drug-likeness (QED) is 0.209. The Bertz CT molecular complexity index is 1770. The molecule has 0 aliphatic heterocycles. The van der Waals surface area contributed by atoms with Crippen LogP contribution in [0.3, 0.4) is 0 Å². The monoisotopic (exact) mass is 525 g/mol. The molecule has 0 radical (unpaired) electrons. The van der Waals surface area contributed by atoms with Gasteiger partial charge in [-0.3, -0.25) is 14.3 Å². The summed E-state index contributed by atoms with van der Waals surface area (Å²) >= 11 is 0. The number of rotatable bonds is 8. The summed E-state index contributed by atoms with van der Waals surface area (Å²) in [6.45, 7) is 1.78. The van der Waals surface area contributed by atoms with Gasteiger partial charge < -0.3 is 5.11 Å². The molecule has 0 spiro atoms. The summed E-state index contributed by atoms with van der Waals surface area (Å²) < 4.78 is 1.81. The van der Waals surface area contributed by atoms with Crippen LogP contribution in [0.25, 0.3) is 21.8 Å². The van der Waals surface area contributed by atoms with Crippen LogP contribution in [0.5, 0.6) is 5.88 Å². The van der Waals surface area contributed by atoms with Crippen molar-refractivity contribution in [1.82, 2.24) is 14.5 Å². The molecule has 6 rings (SSSR count). The summed E-state index contributed by atoms with van der Waals surface area (Å²) in [5, 5.41) is 21.2. The Labute approximate surface area is 231 Å². The van der Waals surface area contributed by atoms with Crippen molar-refractivity contribution in [2.45, 2.75) is 19.8 Å². The molecule has 0 fully saturated rings. The topological polar surface area (TPSA) is 83.1 Å². The third-order valence-corrected chi connectivity index (χ3v) is 6.82. The van der Waals surface area contributed by atoms with Crippen molar-refractivity contribution < 1.29 is 9.90 Å². The first-order chi connectivity index (χ1) is 19.7. The number of nitrogens with zero attached hydrogens (tertiary/aromatic N) is 5. The zero-order chi connectivity index (χ0) is 27.3. The van der Waals surface area contributed by atoms with E-state index in [0.717, 1.165) is 10.9 Å². The normalized spacial score (nSPS) is 11.6. The number of carbonyl (C=O) groups is 1. The number of azo groups is 1. The smallest absolute Gasteiger partial charge is 0.313 e. The number of aromatic hydroxyl groups is 1. The highest BCUT2D eigenvalue weighted by Crippen LogP contribution is 2.39. The maximum Gasteiger partial charge on any atom is 0.313 e. The molecule has 0 unspecified atom stereocenters. The molecule has 7 nitrogen and oxygen atoms in total. The Morgan fingerprint density at radius 1 is 0.750 bits per heavy atom. The summed E-state index contributed by atoms with van der Waals surface area (Å²) in [5.74, 6) is -0.618. The molecular weight excluding hydrogens is 498 g/mol. The number of amides is 1. The van der Waals surface area contributed by atoms with Crippen LogP contribution in [0.2, 0.25) is 0 Å². The van der Waals surface area contributed by atoms with Crippen molar-refractivity contribution >= 4 is 33.4 Å². The molecule has 1 amide bonds. The van der Waals surface area contributed by atoms with E-state index in [0.29, 0.717) is 30.7 Å². The number of hydrogen-bond acceptors (Lipinski definition) is 5. The summed E-state index contributed by atoms with van der Waals surface area (Å²) in [6.07, 6.45) is 0. The fourth-order valence-corrected chi connectivity index (χ4v) is 4.88. The highest BCUT2D eigenvalue weighted by molar-refractivity contribution is 5.97. The second-order valence-corrected chi connectivity index (χ2v) is 9.61. The van der Waals surface area contributed by atoms with E-state index in [2.05, 4.69) is 44.4 Å². The molecule has 6 aromatic rings. The molecule has 0 aliphatic rings. The minimum absolute atomic E-state index is 0.0460. The average Bonchev–Trinajstić information content (AvgIpc) is 3.26. The average molecular weight is 526 g/mol. The van der Waals surface area contributed by atoms with Crippen LogP contribution in [0, 0.1) is 0 Å². The van der Waals surface area contributed by atoms with E-state index in [9.17, 15) is 9.90 Å². The van der Waals surface area contributed by atoms with Gasteiger partial charge in [-0.1, -0.05) is 103 Å². The van der Waals surface area contributed by atoms with Gasteiger partial charge in [-0.05, 0) is 29.3 Å². The molecule has 1 N–H and O–H groups in total. The van der Waals surface area contributed by atoms with Crippen molar-refractivity contribution in [2.24, 2.45) is 10.2 Å². The van der Waals surface area contributed by atoms with Crippen LogP contribution >= 0.6 is 0 Å². The summed E-state index contributed by atoms with van der Waals surface area (Å²) in [5.41, 5.74) is 4.30. The molecule has 40 heavy (non-hydrogen) atoms. The maximum atomic E-state index is 12.9. The Hall–Kier alpha value is -5.14. The van der Waals surface area contributed by atoms with E-state index in [4.69, 9.17) is 0 Å². The van der Waals surface area contributed by atoms with Crippen LogP contribution in [0.15, 0.2) is 132 Å². The van der Waals surface area contributed by atoms with Gasteiger partial charge in [-0.2, -0.15) is 0 Å². The Morgan fingerprint density at radius 2 is 1.38 bits per heavy atom. The van der Waals surface area contributed by atoms with Crippen LogP contribution in [0.1, 0.15) is 21.6 Å². The van der Waals surface area contributed by atoms with E-state index >= 15 is 0 Å². The number of hydrogen-bond donors (Lipinski definition) is 1. The fourth-order valence-electron chi connectivity index (χ4n) is 4.88. The highest BCUT2D eigenvalue weighted by Gasteiger charge is 2.20. The van der Waals surface area contributed by atoms with Crippen molar-refractivity contribution in [3.63, 3.8) is 0 Å². The third-order valence-electron chi connectivity index (χ3n) is 6.82. The van der Waals surface area contributed by atoms with E-state index < -0.39 is 5.91 Å². The molecular formula is C33H27N5O2. The zero-order valence-electron chi connectivity index (χ0n) is 21.8. The molecule has 2 heterocycles. The van der Waals surface area contributed by atoms with E-state index in [1.807, 2.05) is 95.6 Å². The zero-order valence-corrected chi connectivity index (χ0v) is 21.8. The van der Waals surface area contributed by atoms with Crippen LogP contribution in [0.4, 0.5) is 5.69 Å². The molecule has 0 saturated carbocycles. The van der Waals surface area contributed by atoms with Gasteiger partial charge >= 0.3 is 5.91 Å². The first-order valence-corrected chi connectivity index (χ1v) is 13.1. The Morgan fingerprint density at radius 3 is 2.10 bits per heavy atom. The van der Waals surface area contributed by atoms with Gasteiger partial charge in [0.1, 0.15) is 5.69 Å². The van der Waals surface area contributed by atoms with Gasteiger partial charge in [-0.25, -0.2) is 4.98 Å². The molecule has 0 saturated heterocycles. The molecule has 0 bridgehead atoms. The highest BCUT2D eigenvalue weighted by atomic mass is 16.3. The lowest BCUT2D eigenvalue weighted by atomic mass is 10.2. The van der Waals surface area contributed by atoms with Gasteiger partial charge in [0.05, 0.1) is 17.7 Å². The van der Waals surface area contributed by atoms with Crippen molar-refractivity contribution in [3.05, 3.63) is 138 Å². The van der Waals surface area contributed by atoms with Crippen molar-refractivity contribution in [2.75, 3.05) is 0 Å². The summed E-state index contributed by atoms with van der Waals surface area (Å²) in [4.78, 5) is 19.6. The predicted octanol–water partition coefficient (Wildman–Crippen LogP) is 7.48. The molecule has 7 heteroatoms. The lowest BCUT2D eigenvalue weighted by Gasteiger charge is -2.24. The van der Waals surface area contributed by atoms with Gasteiger partial charge in [0, 0.05) is 23.9 Å². The van der Waals surface area contributed by atoms with Gasteiger partial charge in [0.25, 0.3) is 0 Å². The van der Waals surface area contributed by atoms with E-state index in [1.165, 1.54) is 11.1 Å². The summed E-state index contributed by atoms with van der Waals surface area (Å²) in [7, 11) is 0. The SMILES string of the molecule is O=C(N=Nc1c(O)n(CN(Cc2ccccc2)Cc2ccccc2)c2ccccc12)c1ccc2ccccc2n1. The van der Waals surface area contributed by atoms with Crippen LogP contribution < -0.4 is 0 Å². The lowest BCUT2D eigenvalue weighted by Crippen LogP contribution is -2.25. The molecule has 0 atom stereocenters. The first-order valence-electron chi connectivity index (χ1n) is 13.1. The minimum atomic E-state index is -0.572. The lowest BCUT2D eigenvalue weighted by molar-refractivity contribution is 0.0990. The fraction of sp³-hybridized carbons (Fsp3) is 0.0909. The number of carbonyl (C=O) groups excluding carboxylic acids is 1.